The molecule has 47 heavy (non-hydrogen) atoms. The number of nitrogens with zero attached hydrogens (tertiary/aromatic N) is 2. The van der Waals surface area contributed by atoms with Crippen LogP contribution in [0.1, 0.15) is 0 Å². The zero-order chi connectivity index (χ0) is 30.1. The Kier molecular flexibility index (Phi) is 3.80. The van der Waals surface area contributed by atoms with Crippen LogP contribution >= 0.6 is 0 Å². The van der Waals surface area contributed by atoms with Crippen molar-refractivity contribution in [2.75, 3.05) is 0 Å². The maximum atomic E-state index is 2.61. The third-order valence-electron chi connectivity index (χ3n) is 11.6. The maximum absolute atomic E-state index is 2.61. The summed E-state index contributed by atoms with van der Waals surface area (Å²) in [5, 5.41) is 10.8. The van der Waals surface area contributed by atoms with E-state index in [1.54, 1.807) is 0 Å². The van der Waals surface area contributed by atoms with Crippen molar-refractivity contribution >= 4 is 88.3 Å². The van der Waals surface area contributed by atoms with Crippen LogP contribution in [0.3, 0.4) is 0 Å². The first-order valence-corrected chi connectivity index (χ1v) is 16.6. The lowest BCUT2D eigenvalue weighted by atomic mass is 9.34. The Balaban J connectivity index is 1.31. The summed E-state index contributed by atoms with van der Waals surface area (Å²) in [7, 11) is 0. The minimum Gasteiger partial charge on any atom is -0.310 e. The Labute approximate surface area is 269 Å². The number of hydrogen-bond donors (Lipinski definition) is 0. The van der Waals surface area contributed by atoms with Crippen LogP contribution in [0.2, 0.25) is 0 Å². The van der Waals surface area contributed by atoms with E-state index in [9.17, 15) is 0 Å². The monoisotopic (exact) mass is 590 g/mol. The van der Waals surface area contributed by atoms with Crippen LogP contribution in [0.5, 0.6) is 0 Å². The van der Waals surface area contributed by atoms with Crippen LogP contribution in [0.25, 0.3) is 98.8 Å². The lowest BCUT2D eigenvalue weighted by molar-refractivity contribution is 1.14. The van der Waals surface area contributed by atoms with Gasteiger partial charge in [-0.05, 0) is 84.5 Å². The van der Waals surface area contributed by atoms with E-state index in [2.05, 4.69) is 149 Å². The van der Waals surface area contributed by atoms with Crippen LogP contribution in [-0.4, -0.2) is 15.8 Å². The van der Waals surface area contributed by atoms with Crippen molar-refractivity contribution < 1.29 is 0 Å². The first-order valence-electron chi connectivity index (χ1n) is 16.6. The van der Waals surface area contributed by atoms with Gasteiger partial charge in [0.05, 0.1) is 22.1 Å². The normalized spacial score (nSPS) is 13.5. The number of rotatable bonds is 0. The Bertz CT molecular complexity index is 3140. The van der Waals surface area contributed by atoms with Crippen molar-refractivity contribution in [3.63, 3.8) is 0 Å². The van der Waals surface area contributed by atoms with Gasteiger partial charge in [-0.15, -0.1) is 0 Å². The highest BCUT2D eigenvalue weighted by Crippen LogP contribution is 2.50. The van der Waals surface area contributed by atoms with Gasteiger partial charge in [-0.1, -0.05) is 115 Å². The highest BCUT2D eigenvalue weighted by molar-refractivity contribution is 7.00. The summed E-state index contributed by atoms with van der Waals surface area (Å²) in [5.41, 5.74) is 17.4. The predicted octanol–water partition coefficient (Wildman–Crippen LogP) is 8.98. The molecular weight excluding hydrogens is 567 g/mol. The second-order valence-electron chi connectivity index (χ2n) is 13.6. The SMILES string of the molecule is c1ccc2c(c1)-c1cccc3ccc4c(c13)c1c-2ccc2c1n4-c1cccc3c1B2c1cc2ccccc2c2c4ccccc4n-3c12. The summed E-state index contributed by atoms with van der Waals surface area (Å²) in [6.45, 7) is 0.125. The molecule has 3 aliphatic rings. The molecule has 212 valence electrons. The molecule has 0 atom stereocenters. The van der Waals surface area contributed by atoms with E-state index >= 15 is 0 Å². The van der Waals surface area contributed by atoms with E-state index < -0.39 is 0 Å². The van der Waals surface area contributed by atoms with E-state index in [-0.39, 0.29) is 6.71 Å². The van der Waals surface area contributed by atoms with Crippen molar-refractivity contribution in [1.82, 2.24) is 9.13 Å². The van der Waals surface area contributed by atoms with Crippen molar-refractivity contribution in [1.29, 1.82) is 0 Å². The highest BCUT2D eigenvalue weighted by atomic mass is 15.0. The van der Waals surface area contributed by atoms with Crippen LogP contribution in [0.4, 0.5) is 0 Å². The zero-order valence-corrected chi connectivity index (χ0v) is 25.3. The van der Waals surface area contributed by atoms with Crippen LogP contribution in [0, 0.1) is 0 Å². The molecule has 0 amide bonds. The molecule has 2 aromatic heterocycles. The fourth-order valence-electron chi connectivity index (χ4n) is 9.96. The molecule has 0 N–H and O–H groups in total. The minimum atomic E-state index is 0.125. The Morgan fingerprint density at radius 1 is 0.383 bits per heavy atom. The molecule has 4 heterocycles. The molecule has 0 fully saturated rings. The number of benzene rings is 8. The zero-order valence-electron chi connectivity index (χ0n) is 25.3. The number of hydrogen-bond acceptors (Lipinski definition) is 0. The molecule has 0 unspecified atom stereocenters. The van der Waals surface area contributed by atoms with Gasteiger partial charge in [0.15, 0.2) is 0 Å². The third kappa shape index (κ3) is 2.46. The second-order valence-corrected chi connectivity index (χ2v) is 13.6. The van der Waals surface area contributed by atoms with E-state index in [1.165, 1.54) is 115 Å². The average Bonchev–Trinajstić information content (AvgIpc) is 3.63. The molecule has 2 aliphatic heterocycles. The van der Waals surface area contributed by atoms with Crippen molar-refractivity contribution in [3.8, 4) is 33.6 Å². The smallest absolute Gasteiger partial charge is 0.252 e. The molecule has 3 heteroatoms. The summed E-state index contributed by atoms with van der Waals surface area (Å²) in [6, 6.07) is 52.9. The molecule has 0 saturated heterocycles. The van der Waals surface area contributed by atoms with Gasteiger partial charge >= 0.3 is 0 Å². The summed E-state index contributed by atoms with van der Waals surface area (Å²) >= 11 is 0. The van der Waals surface area contributed by atoms with Crippen molar-refractivity contribution in [2.45, 2.75) is 0 Å². The van der Waals surface area contributed by atoms with Crippen LogP contribution < -0.4 is 16.4 Å². The Morgan fingerprint density at radius 3 is 1.91 bits per heavy atom. The largest absolute Gasteiger partial charge is 0.310 e. The van der Waals surface area contributed by atoms with E-state index in [0.717, 1.165) is 0 Å². The van der Waals surface area contributed by atoms with Crippen LogP contribution in [-0.2, 0) is 0 Å². The van der Waals surface area contributed by atoms with Gasteiger partial charge in [0, 0.05) is 32.9 Å². The molecule has 0 saturated carbocycles. The minimum absolute atomic E-state index is 0.125. The summed E-state index contributed by atoms with van der Waals surface area (Å²) in [6.07, 6.45) is 0. The fourth-order valence-corrected chi connectivity index (χ4v) is 9.96. The quantitative estimate of drug-likeness (QED) is 0.156. The van der Waals surface area contributed by atoms with E-state index in [1.807, 2.05) is 0 Å². The predicted molar refractivity (Wildman–Crippen MR) is 199 cm³/mol. The molecule has 0 radical (unpaired) electrons. The van der Waals surface area contributed by atoms with Gasteiger partial charge in [-0.25, -0.2) is 0 Å². The maximum Gasteiger partial charge on any atom is 0.252 e. The summed E-state index contributed by atoms with van der Waals surface area (Å²) in [5.74, 6) is 0. The standard InChI is InChI=1S/C44H23BN2/c1-2-11-26-25(9-1)23-33-44-39(26)31-14-5-6-16-34(31)46(44)36-17-8-18-37-42(36)45(33)32-21-20-30-28-13-4-3-12-27(28)29-15-7-10-24-19-22-35-41(38(24)29)40(30)43(32)47(35)37/h1-23H. The Hall–Kier alpha value is -6.06. The van der Waals surface area contributed by atoms with Crippen molar-refractivity contribution in [3.05, 3.63) is 140 Å². The molecular formula is C44H23BN2. The highest BCUT2D eigenvalue weighted by Gasteiger charge is 2.42. The Morgan fingerprint density at radius 2 is 1.04 bits per heavy atom. The van der Waals surface area contributed by atoms with Gasteiger partial charge in [0.2, 0.25) is 0 Å². The number of aromatic nitrogens is 2. The van der Waals surface area contributed by atoms with Gasteiger partial charge in [-0.2, -0.15) is 0 Å². The first-order chi connectivity index (χ1) is 23.4. The molecule has 10 aromatic rings. The van der Waals surface area contributed by atoms with Gasteiger partial charge in [-0.3, -0.25) is 0 Å². The molecule has 0 bridgehead atoms. The number of para-hydroxylation sites is 1. The number of fused-ring (bicyclic) bond motifs is 13. The molecule has 1 aliphatic carbocycles. The molecule has 0 spiro atoms. The van der Waals surface area contributed by atoms with Gasteiger partial charge < -0.3 is 9.13 Å². The molecule has 8 aromatic carbocycles. The third-order valence-corrected chi connectivity index (χ3v) is 11.6. The molecule has 13 rings (SSSR count). The lowest BCUT2D eigenvalue weighted by Crippen LogP contribution is -2.59. The summed E-state index contributed by atoms with van der Waals surface area (Å²) in [4.78, 5) is 0. The van der Waals surface area contributed by atoms with E-state index in [4.69, 9.17) is 0 Å². The van der Waals surface area contributed by atoms with Gasteiger partial charge in [0.25, 0.3) is 6.71 Å². The van der Waals surface area contributed by atoms with Crippen molar-refractivity contribution in [2.24, 2.45) is 0 Å². The second kappa shape index (κ2) is 7.66. The first kappa shape index (κ1) is 23.3. The summed E-state index contributed by atoms with van der Waals surface area (Å²) < 4.78 is 5.18. The molecule has 2 nitrogen and oxygen atoms in total. The topological polar surface area (TPSA) is 9.86 Å². The fraction of sp³-hybridized carbons (Fsp3) is 0. The van der Waals surface area contributed by atoms with E-state index in [0.29, 0.717) is 0 Å². The average molecular weight is 590 g/mol. The van der Waals surface area contributed by atoms with Crippen LogP contribution in [0.15, 0.2) is 140 Å². The lowest BCUT2D eigenvalue weighted by Gasteiger charge is -2.34. The van der Waals surface area contributed by atoms with Gasteiger partial charge in [0.1, 0.15) is 0 Å².